The summed E-state index contributed by atoms with van der Waals surface area (Å²) in [6.07, 6.45) is 3.51. The summed E-state index contributed by atoms with van der Waals surface area (Å²) < 4.78 is 21.0. The third-order valence-corrected chi connectivity index (χ3v) is 4.00. The number of carbonyl (C=O) groups is 2. The number of hydrogen-bond donors (Lipinski definition) is 0. The average Bonchev–Trinajstić information content (AvgIpc) is 2.74. The van der Waals surface area contributed by atoms with E-state index in [1.54, 1.807) is 55.5 Å². The van der Waals surface area contributed by atoms with Crippen LogP contribution in [0.25, 0.3) is 11.0 Å². The van der Waals surface area contributed by atoms with Gasteiger partial charge < -0.3 is 18.6 Å². The van der Waals surface area contributed by atoms with Crippen molar-refractivity contribution in [3.05, 3.63) is 82.7 Å². The molecule has 154 valence electrons. The highest BCUT2D eigenvalue weighted by molar-refractivity contribution is 5.91. The summed E-state index contributed by atoms with van der Waals surface area (Å²) in [5.41, 5.74) is 0.211. The fraction of sp³-hybridized carbons (Fsp3) is 0.174. The Hall–Kier alpha value is -3.87. The molecule has 0 radical (unpaired) electrons. The van der Waals surface area contributed by atoms with Crippen molar-refractivity contribution in [1.29, 1.82) is 0 Å². The van der Waals surface area contributed by atoms with Gasteiger partial charge in [-0.1, -0.05) is 6.08 Å². The highest BCUT2D eigenvalue weighted by atomic mass is 16.5. The van der Waals surface area contributed by atoms with Crippen molar-refractivity contribution >= 4 is 22.9 Å². The van der Waals surface area contributed by atoms with Gasteiger partial charge in [0.05, 0.1) is 18.8 Å². The summed E-state index contributed by atoms with van der Waals surface area (Å²) in [6.45, 7) is 2.37. The van der Waals surface area contributed by atoms with Gasteiger partial charge in [0.2, 0.25) is 0 Å². The third kappa shape index (κ3) is 5.81. The minimum absolute atomic E-state index is 0.263. The molecule has 0 aliphatic rings. The number of ether oxygens (including phenoxy) is 3. The monoisotopic (exact) mass is 408 g/mol. The second-order valence-corrected chi connectivity index (χ2v) is 6.24. The Balaban J connectivity index is 1.51. The number of carbonyl (C=O) groups excluding carboxylic acids is 2. The highest BCUT2D eigenvalue weighted by Crippen LogP contribution is 2.21. The number of rotatable bonds is 8. The van der Waals surface area contributed by atoms with Crippen LogP contribution in [0.15, 0.2) is 76.0 Å². The maximum atomic E-state index is 12.3. The van der Waals surface area contributed by atoms with Crippen molar-refractivity contribution in [2.75, 3.05) is 13.2 Å². The number of fused-ring (bicyclic) bond motifs is 1. The van der Waals surface area contributed by atoms with E-state index in [1.165, 1.54) is 18.2 Å². The molecule has 0 unspecified atom stereocenters. The zero-order valence-corrected chi connectivity index (χ0v) is 16.3. The zero-order valence-electron chi connectivity index (χ0n) is 16.3. The van der Waals surface area contributed by atoms with Gasteiger partial charge in [0.15, 0.2) is 0 Å². The summed E-state index contributed by atoms with van der Waals surface area (Å²) in [5, 5.41) is 0.729. The van der Waals surface area contributed by atoms with E-state index in [2.05, 4.69) is 0 Å². The Kier molecular flexibility index (Phi) is 7.00. The fourth-order valence-electron chi connectivity index (χ4n) is 2.56. The van der Waals surface area contributed by atoms with E-state index >= 15 is 0 Å². The van der Waals surface area contributed by atoms with Crippen LogP contribution in [0.4, 0.5) is 0 Å². The van der Waals surface area contributed by atoms with Crippen LogP contribution >= 0.6 is 0 Å². The first-order chi connectivity index (χ1) is 14.5. The molecule has 0 fully saturated rings. The lowest BCUT2D eigenvalue weighted by Gasteiger charge is -2.08. The van der Waals surface area contributed by atoms with E-state index in [4.69, 9.17) is 18.6 Å². The maximum absolute atomic E-state index is 12.3. The lowest BCUT2D eigenvalue weighted by Crippen LogP contribution is -2.09. The van der Waals surface area contributed by atoms with Gasteiger partial charge in [-0.3, -0.25) is 0 Å². The SMILES string of the molecule is CC=CC(=O)OCCCOc1ccc(C(=O)Oc2ccc3ccc(=O)oc3c2)cc1. The summed E-state index contributed by atoms with van der Waals surface area (Å²) in [5.74, 6) is -0.0718. The standard InChI is InChI=1S/C23H20O7/c1-2-4-21(24)28-14-3-13-27-18-9-6-17(7-10-18)23(26)29-19-11-5-16-8-12-22(25)30-20(16)15-19/h2,4-12,15H,3,13-14H2,1H3. The van der Waals surface area contributed by atoms with Gasteiger partial charge in [-0.25, -0.2) is 14.4 Å². The predicted octanol–water partition coefficient (Wildman–Crippen LogP) is 3.90. The highest BCUT2D eigenvalue weighted by Gasteiger charge is 2.10. The number of hydrogen-bond acceptors (Lipinski definition) is 7. The average molecular weight is 408 g/mol. The molecule has 30 heavy (non-hydrogen) atoms. The largest absolute Gasteiger partial charge is 0.493 e. The quantitative estimate of drug-likeness (QED) is 0.183. The van der Waals surface area contributed by atoms with Crippen LogP contribution in [0.2, 0.25) is 0 Å². The van der Waals surface area contributed by atoms with Crippen molar-refractivity contribution in [3.8, 4) is 11.5 Å². The predicted molar refractivity (Wildman–Crippen MR) is 110 cm³/mol. The zero-order chi connectivity index (χ0) is 21.3. The van der Waals surface area contributed by atoms with Gasteiger partial charge in [0.1, 0.15) is 17.1 Å². The van der Waals surface area contributed by atoms with Gasteiger partial charge >= 0.3 is 17.6 Å². The summed E-state index contributed by atoms with van der Waals surface area (Å²) >= 11 is 0. The van der Waals surface area contributed by atoms with Crippen molar-refractivity contribution in [2.24, 2.45) is 0 Å². The minimum Gasteiger partial charge on any atom is -0.493 e. The first-order valence-electron chi connectivity index (χ1n) is 9.33. The Labute approximate surface area is 172 Å². The molecule has 0 aliphatic carbocycles. The molecule has 3 aromatic rings. The Morgan fingerprint density at radius 2 is 1.70 bits per heavy atom. The van der Waals surface area contributed by atoms with E-state index in [9.17, 15) is 14.4 Å². The number of esters is 2. The normalized spacial score (nSPS) is 10.8. The molecule has 7 nitrogen and oxygen atoms in total. The molecular formula is C23H20O7. The van der Waals surface area contributed by atoms with E-state index < -0.39 is 11.6 Å². The first-order valence-corrected chi connectivity index (χ1v) is 9.33. The van der Waals surface area contributed by atoms with Crippen molar-refractivity contribution in [3.63, 3.8) is 0 Å². The molecule has 0 saturated heterocycles. The molecule has 0 atom stereocenters. The molecule has 0 spiro atoms. The summed E-state index contributed by atoms with van der Waals surface area (Å²) in [7, 11) is 0. The van der Waals surface area contributed by atoms with Crippen LogP contribution < -0.4 is 15.1 Å². The molecule has 0 N–H and O–H groups in total. The van der Waals surface area contributed by atoms with Crippen molar-refractivity contribution < 1.29 is 28.2 Å². The number of allylic oxidation sites excluding steroid dienone is 1. The lowest BCUT2D eigenvalue weighted by molar-refractivity contribution is -0.137. The molecule has 0 bridgehead atoms. The first kappa shape index (κ1) is 20.9. The van der Waals surface area contributed by atoms with Gasteiger partial charge in [0, 0.05) is 30.0 Å². The summed E-state index contributed by atoms with van der Waals surface area (Å²) in [6, 6.07) is 14.3. The Morgan fingerprint density at radius 3 is 2.47 bits per heavy atom. The van der Waals surface area contributed by atoms with Crippen LogP contribution in [0.3, 0.4) is 0 Å². The smallest absolute Gasteiger partial charge is 0.343 e. The topological polar surface area (TPSA) is 92.0 Å². The lowest BCUT2D eigenvalue weighted by atomic mass is 10.2. The summed E-state index contributed by atoms with van der Waals surface area (Å²) in [4.78, 5) is 34.8. The second kappa shape index (κ2) is 10.1. The minimum atomic E-state index is -0.546. The molecular weight excluding hydrogens is 388 g/mol. The Morgan fingerprint density at radius 1 is 0.967 bits per heavy atom. The van der Waals surface area contributed by atoms with E-state index in [-0.39, 0.29) is 18.3 Å². The van der Waals surface area contributed by atoms with Crippen LogP contribution in [-0.4, -0.2) is 25.2 Å². The molecule has 0 saturated carbocycles. The van der Waals surface area contributed by atoms with E-state index in [1.807, 2.05) is 0 Å². The van der Waals surface area contributed by atoms with Crippen LogP contribution in [-0.2, 0) is 9.53 Å². The molecule has 2 aromatic carbocycles. The molecule has 3 rings (SSSR count). The molecule has 7 heteroatoms. The van der Waals surface area contributed by atoms with Crippen molar-refractivity contribution in [1.82, 2.24) is 0 Å². The second-order valence-electron chi connectivity index (χ2n) is 6.24. The van der Waals surface area contributed by atoms with Crippen LogP contribution in [0.1, 0.15) is 23.7 Å². The number of benzene rings is 2. The fourth-order valence-corrected chi connectivity index (χ4v) is 2.56. The van der Waals surface area contributed by atoms with Crippen molar-refractivity contribution in [2.45, 2.75) is 13.3 Å². The Bertz CT molecular complexity index is 1110. The van der Waals surface area contributed by atoms with Crippen LogP contribution in [0, 0.1) is 0 Å². The van der Waals surface area contributed by atoms with Gasteiger partial charge in [-0.2, -0.15) is 0 Å². The van der Waals surface area contributed by atoms with Gasteiger partial charge in [0.25, 0.3) is 0 Å². The van der Waals surface area contributed by atoms with E-state index in [0.29, 0.717) is 29.9 Å². The third-order valence-electron chi connectivity index (χ3n) is 4.00. The molecule has 1 heterocycles. The molecule has 1 aromatic heterocycles. The molecule has 0 aliphatic heterocycles. The van der Waals surface area contributed by atoms with Gasteiger partial charge in [-0.15, -0.1) is 0 Å². The maximum Gasteiger partial charge on any atom is 0.343 e. The van der Waals surface area contributed by atoms with Gasteiger partial charge in [-0.05, 0) is 49.4 Å². The van der Waals surface area contributed by atoms with E-state index in [0.717, 1.165) is 5.39 Å². The van der Waals surface area contributed by atoms with Crippen LogP contribution in [0.5, 0.6) is 11.5 Å². The molecule has 0 amide bonds.